The lowest BCUT2D eigenvalue weighted by atomic mass is 10.2. The van der Waals surface area contributed by atoms with Crippen molar-refractivity contribution in [3.8, 4) is 11.3 Å². The van der Waals surface area contributed by atoms with Crippen LogP contribution in [0.3, 0.4) is 0 Å². The summed E-state index contributed by atoms with van der Waals surface area (Å²) in [6, 6.07) is 1.85. The van der Waals surface area contributed by atoms with Crippen molar-refractivity contribution in [3.63, 3.8) is 0 Å². The van der Waals surface area contributed by atoms with Crippen molar-refractivity contribution in [2.75, 3.05) is 26.3 Å². The van der Waals surface area contributed by atoms with E-state index in [4.69, 9.17) is 14.6 Å². The molecule has 144 valence electrons. The van der Waals surface area contributed by atoms with E-state index in [1.807, 2.05) is 19.9 Å². The number of amides is 1. The molecule has 0 saturated heterocycles. The van der Waals surface area contributed by atoms with Crippen molar-refractivity contribution in [1.29, 1.82) is 0 Å². The Morgan fingerprint density at radius 2 is 1.89 bits per heavy atom. The number of aromatic nitrogens is 3. The van der Waals surface area contributed by atoms with Crippen LogP contribution in [0.2, 0.25) is 0 Å². The van der Waals surface area contributed by atoms with Gasteiger partial charge in [0, 0.05) is 38.1 Å². The summed E-state index contributed by atoms with van der Waals surface area (Å²) in [5.41, 5.74) is 1.28. The first kappa shape index (κ1) is 18.9. The summed E-state index contributed by atoms with van der Waals surface area (Å²) < 4.78 is 8.54. The Labute approximate surface area is 155 Å². The Kier molecular flexibility index (Phi) is 5.15. The Morgan fingerprint density at radius 1 is 1.22 bits per heavy atom. The third-order valence-corrected chi connectivity index (χ3v) is 4.41. The highest BCUT2D eigenvalue weighted by Crippen LogP contribution is 2.25. The van der Waals surface area contributed by atoms with Crippen LogP contribution >= 0.6 is 0 Å². The number of imidazole rings is 1. The Hall–Kier alpha value is -2.91. The number of furan rings is 1. The van der Waals surface area contributed by atoms with Crippen LogP contribution < -0.4 is 5.56 Å². The maximum atomic E-state index is 12.7. The molecule has 0 fully saturated rings. The molecule has 3 rings (SSSR count). The largest absolute Gasteiger partial charge is 0.466 e. The fraction of sp³-hybridized carbons (Fsp3) is 0.389. The van der Waals surface area contributed by atoms with Gasteiger partial charge in [0.25, 0.3) is 11.5 Å². The molecule has 0 aliphatic heterocycles. The predicted octanol–water partition coefficient (Wildman–Crippen LogP) is 0.337. The average Bonchev–Trinajstić information content (AvgIpc) is 3.20. The van der Waals surface area contributed by atoms with E-state index in [2.05, 4.69) is 4.98 Å². The van der Waals surface area contributed by atoms with Crippen LogP contribution in [0.4, 0.5) is 0 Å². The number of aliphatic hydroxyl groups excluding tert-OH is 2. The molecule has 9 heteroatoms. The topological polar surface area (TPSA) is 113 Å². The van der Waals surface area contributed by atoms with Crippen LogP contribution in [0.25, 0.3) is 16.9 Å². The molecule has 27 heavy (non-hydrogen) atoms. The zero-order valence-electron chi connectivity index (χ0n) is 15.5. The van der Waals surface area contributed by atoms with Crippen molar-refractivity contribution in [2.45, 2.75) is 13.8 Å². The lowest BCUT2D eigenvalue weighted by Crippen LogP contribution is -2.36. The number of aryl methyl sites for hydroxylation is 2. The Morgan fingerprint density at radius 3 is 2.44 bits per heavy atom. The van der Waals surface area contributed by atoms with Crippen molar-refractivity contribution in [1.82, 2.24) is 18.9 Å². The molecule has 0 saturated carbocycles. The minimum atomic E-state index is -0.458. The molecule has 1 amide bonds. The van der Waals surface area contributed by atoms with Gasteiger partial charge >= 0.3 is 0 Å². The monoisotopic (exact) mass is 374 g/mol. The summed E-state index contributed by atoms with van der Waals surface area (Å²) in [5.74, 6) is 0.969. The minimum Gasteiger partial charge on any atom is -0.466 e. The summed E-state index contributed by atoms with van der Waals surface area (Å²) in [7, 11) is 1.64. The first-order valence-electron chi connectivity index (χ1n) is 8.54. The maximum absolute atomic E-state index is 12.7. The Bertz CT molecular complexity index is 1040. The van der Waals surface area contributed by atoms with Gasteiger partial charge in [-0.15, -0.1) is 0 Å². The Balaban J connectivity index is 2.10. The molecule has 0 atom stereocenters. The van der Waals surface area contributed by atoms with Gasteiger partial charge in [-0.2, -0.15) is 0 Å². The fourth-order valence-electron chi connectivity index (χ4n) is 3.08. The molecule has 3 heterocycles. The fourth-order valence-corrected chi connectivity index (χ4v) is 3.08. The highest BCUT2D eigenvalue weighted by atomic mass is 16.3. The van der Waals surface area contributed by atoms with Crippen LogP contribution in [0.15, 0.2) is 27.7 Å². The second kappa shape index (κ2) is 7.37. The molecular formula is C18H22N4O5. The van der Waals surface area contributed by atoms with Gasteiger partial charge in [0.1, 0.15) is 17.2 Å². The van der Waals surface area contributed by atoms with Crippen LogP contribution in [0, 0.1) is 13.8 Å². The van der Waals surface area contributed by atoms with E-state index in [9.17, 15) is 9.59 Å². The van der Waals surface area contributed by atoms with Gasteiger partial charge in [-0.25, -0.2) is 4.98 Å². The number of hydrogen-bond acceptors (Lipinski definition) is 6. The van der Waals surface area contributed by atoms with Gasteiger partial charge in [0.2, 0.25) is 5.65 Å². The molecule has 0 aliphatic carbocycles. The first-order chi connectivity index (χ1) is 12.9. The standard InChI is InChI=1S/C18H22N4O5/c1-11-8-13(12(2)27-11)15-10-22-9-14(19-16(22)18(26)20(15)3)17(25)21(4-6-23)5-7-24/h8-10,23-24H,4-7H2,1-3H3. The number of hydrogen-bond donors (Lipinski definition) is 2. The normalized spacial score (nSPS) is 11.3. The quantitative estimate of drug-likeness (QED) is 0.643. The number of nitrogens with zero attached hydrogens (tertiary/aromatic N) is 4. The van der Waals surface area contributed by atoms with E-state index in [-0.39, 0.29) is 43.2 Å². The average molecular weight is 374 g/mol. The first-order valence-corrected chi connectivity index (χ1v) is 8.54. The molecule has 0 radical (unpaired) electrons. The molecule has 0 bridgehead atoms. The highest BCUT2D eigenvalue weighted by Gasteiger charge is 2.21. The smallest absolute Gasteiger partial charge is 0.294 e. The van der Waals surface area contributed by atoms with Crippen LogP contribution in [0.5, 0.6) is 0 Å². The van der Waals surface area contributed by atoms with Gasteiger partial charge in [0.05, 0.1) is 18.9 Å². The van der Waals surface area contributed by atoms with E-state index in [1.165, 1.54) is 20.1 Å². The number of carbonyl (C=O) groups is 1. The predicted molar refractivity (Wildman–Crippen MR) is 97.7 cm³/mol. The summed E-state index contributed by atoms with van der Waals surface area (Å²) in [5, 5.41) is 18.2. The van der Waals surface area contributed by atoms with E-state index in [1.54, 1.807) is 13.2 Å². The summed E-state index contributed by atoms with van der Waals surface area (Å²) in [6.07, 6.45) is 3.20. The van der Waals surface area contributed by atoms with Gasteiger partial charge in [-0.3, -0.25) is 14.0 Å². The molecule has 2 N–H and O–H groups in total. The lowest BCUT2D eigenvalue weighted by Gasteiger charge is -2.19. The van der Waals surface area contributed by atoms with Crippen molar-refractivity contribution < 1.29 is 19.4 Å². The van der Waals surface area contributed by atoms with Crippen LogP contribution in [-0.4, -0.2) is 61.3 Å². The van der Waals surface area contributed by atoms with Gasteiger partial charge < -0.3 is 24.1 Å². The number of carbonyl (C=O) groups excluding carboxylic acids is 1. The number of aliphatic hydroxyl groups is 2. The highest BCUT2D eigenvalue weighted by molar-refractivity contribution is 5.93. The summed E-state index contributed by atoms with van der Waals surface area (Å²) in [4.78, 5) is 30.8. The molecule has 0 aromatic carbocycles. The summed E-state index contributed by atoms with van der Waals surface area (Å²) in [6.45, 7) is 3.34. The van der Waals surface area contributed by atoms with Gasteiger partial charge in [-0.05, 0) is 19.9 Å². The van der Waals surface area contributed by atoms with Gasteiger partial charge in [-0.1, -0.05) is 0 Å². The van der Waals surface area contributed by atoms with Crippen molar-refractivity contribution >= 4 is 11.6 Å². The molecular weight excluding hydrogens is 352 g/mol. The molecule has 0 unspecified atom stereocenters. The maximum Gasteiger partial charge on any atom is 0.294 e. The SMILES string of the molecule is Cc1cc(-c2cn3cc(C(=O)N(CCO)CCO)nc3c(=O)n2C)c(C)o1. The van der Waals surface area contributed by atoms with E-state index < -0.39 is 5.91 Å². The minimum absolute atomic E-state index is 0.0734. The zero-order valence-corrected chi connectivity index (χ0v) is 15.5. The van der Waals surface area contributed by atoms with Crippen molar-refractivity contribution in [2.24, 2.45) is 7.05 Å². The van der Waals surface area contributed by atoms with Gasteiger partial charge in [0.15, 0.2) is 0 Å². The molecule has 0 aliphatic rings. The molecule has 3 aromatic heterocycles. The number of rotatable bonds is 6. The third kappa shape index (κ3) is 3.38. The lowest BCUT2D eigenvalue weighted by molar-refractivity contribution is 0.0679. The van der Waals surface area contributed by atoms with Crippen LogP contribution in [-0.2, 0) is 7.05 Å². The van der Waals surface area contributed by atoms with Crippen LogP contribution in [0.1, 0.15) is 22.0 Å². The molecule has 0 spiro atoms. The molecule has 3 aromatic rings. The second-order valence-corrected chi connectivity index (χ2v) is 6.30. The van der Waals surface area contributed by atoms with Crippen molar-refractivity contribution in [3.05, 3.63) is 46.0 Å². The van der Waals surface area contributed by atoms with E-state index in [0.29, 0.717) is 11.5 Å². The number of fused-ring (bicyclic) bond motifs is 1. The second-order valence-electron chi connectivity index (χ2n) is 6.30. The van der Waals surface area contributed by atoms with E-state index >= 15 is 0 Å². The zero-order chi connectivity index (χ0) is 19.7. The van der Waals surface area contributed by atoms with E-state index in [0.717, 1.165) is 11.3 Å². The molecule has 9 nitrogen and oxygen atoms in total. The third-order valence-electron chi connectivity index (χ3n) is 4.41. The summed E-state index contributed by atoms with van der Waals surface area (Å²) >= 11 is 0.